The Kier molecular flexibility index (Phi) is 6.81. The molecule has 5 aromatic rings. The molecule has 3 aromatic carbocycles. The minimum absolute atomic E-state index is 0.0598. The van der Waals surface area contributed by atoms with Crippen molar-refractivity contribution in [3.05, 3.63) is 89.2 Å². The van der Waals surface area contributed by atoms with Gasteiger partial charge in [0.1, 0.15) is 17.9 Å². The highest BCUT2D eigenvalue weighted by Crippen LogP contribution is 2.47. The molecule has 38 heavy (non-hydrogen) atoms. The van der Waals surface area contributed by atoms with Crippen LogP contribution < -0.4 is 13.8 Å². The molecule has 0 aliphatic heterocycles. The maximum absolute atomic E-state index is 12.7. The van der Waals surface area contributed by atoms with Gasteiger partial charge >= 0.3 is 0 Å². The molecule has 0 radical (unpaired) electrons. The van der Waals surface area contributed by atoms with Crippen molar-refractivity contribution >= 4 is 49.0 Å². The van der Waals surface area contributed by atoms with Gasteiger partial charge in [0.05, 0.1) is 31.0 Å². The molecule has 0 spiro atoms. The molecule has 0 amide bonds. The molecule has 2 aromatic heterocycles. The van der Waals surface area contributed by atoms with E-state index in [0.717, 1.165) is 23.1 Å². The molecular weight excluding hydrogens is 526 g/mol. The van der Waals surface area contributed by atoms with Crippen molar-refractivity contribution in [2.45, 2.75) is 13.2 Å². The van der Waals surface area contributed by atoms with Crippen molar-refractivity contribution in [2.75, 3.05) is 24.7 Å². The van der Waals surface area contributed by atoms with Crippen LogP contribution in [0.3, 0.4) is 0 Å². The molecule has 0 unspecified atom stereocenters. The number of sulfonamides is 1. The zero-order chi connectivity index (χ0) is 27.0. The second kappa shape index (κ2) is 10.1. The first-order chi connectivity index (χ1) is 18.2. The highest BCUT2D eigenvalue weighted by Gasteiger charge is 2.27. The largest absolute Gasteiger partial charge is 0.497 e. The Labute approximate surface area is 225 Å². The molecule has 1 N–H and O–H groups in total. The lowest BCUT2D eigenvalue weighted by Crippen LogP contribution is -2.25. The van der Waals surface area contributed by atoms with Crippen molar-refractivity contribution in [2.24, 2.45) is 0 Å². The fourth-order valence-electron chi connectivity index (χ4n) is 4.42. The van der Waals surface area contributed by atoms with E-state index in [1.807, 2.05) is 36.4 Å². The van der Waals surface area contributed by atoms with Gasteiger partial charge in [-0.3, -0.25) is 9.29 Å². The Hall–Kier alpha value is -3.95. The zero-order valence-corrected chi connectivity index (χ0v) is 22.6. The first kappa shape index (κ1) is 25.7. The van der Waals surface area contributed by atoms with Crippen LogP contribution in [-0.4, -0.2) is 43.5 Å². The number of halogens is 1. The number of nitrogens with zero attached hydrogens (tertiary/aromatic N) is 3. The Morgan fingerprint density at radius 3 is 2.37 bits per heavy atom. The summed E-state index contributed by atoms with van der Waals surface area (Å²) in [5, 5.41) is 13.6. The van der Waals surface area contributed by atoms with E-state index in [1.165, 1.54) is 11.4 Å². The molecule has 5 rings (SSSR count). The average Bonchev–Trinajstić information content (AvgIpc) is 3.22. The standard InChI is InChI=1S/C28H26ClN3O5S/c1-31(38(3,34)35)26-22-5-4-14-30-25(22)27(37-17-19-8-12-21(36-2)13-9-19)24-23(26)16-32(28(24)33)15-18-6-10-20(29)11-7-18/h4-14,16,33H,15,17H2,1-3H3. The van der Waals surface area contributed by atoms with Crippen LogP contribution in [0.25, 0.3) is 21.7 Å². The van der Waals surface area contributed by atoms with Gasteiger partial charge in [-0.1, -0.05) is 35.9 Å². The molecule has 0 atom stereocenters. The molecular formula is C28H26ClN3O5S. The SMILES string of the molecule is COc1ccc(COc2c3ncccc3c(N(C)S(C)(=O)=O)c3cn(Cc4ccc(Cl)cc4)c(O)c23)cc1. The first-order valence-electron chi connectivity index (χ1n) is 11.7. The lowest BCUT2D eigenvalue weighted by molar-refractivity contribution is 0.311. The third kappa shape index (κ3) is 4.82. The van der Waals surface area contributed by atoms with Gasteiger partial charge in [0.15, 0.2) is 5.75 Å². The predicted molar refractivity (Wildman–Crippen MR) is 150 cm³/mol. The average molecular weight is 552 g/mol. The number of pyridine rings is 1. The molecule has 0 fully saturated rings. The quantitative estimate of drug-likeness (QED) is 0.270. The number of anilines is 1. The van der Waals surface area contributed by atoms with Gasteiger partial charge in [-0.15, -0.1) is 0 Å². The summed E-state index contributed by atoms with van der Waals surface area (Å²) in [4.78, 5) is 4.54. The van der Waals surface area contributed by atoms with Gasteiger partial charge < -0.3 is 19.1 Å². The van der Waals surface area contributed by atoms with Crippen LogP contribution in [0, 0.1) is 0 Å². The number of rotatable bonds is 8. The molecule has 0 bridgehead atoms. The summed E-state index contributed by atoms with van der Waals surface area (Å²) in [7, 11) is -0.542. The van der Waals surface area contributed by atoms with Crippen molar-refractivity contribution < 1.29 is 23.0 Å². The van der Waals surface area contributed by atoms with Crippen LogP contribution in [0.5, 0.6) is 17.4 Å². The third-order valence-corrected chi connectivity index (χ3v) is 7.86. The fourth-order valence-corrected chi connectivity index (χ4v) is 5.07. The lowest BCUT2D eigenvalue weighted by atomic mass is 10.1. The summed E-state index contributed by atoms with van der Waals surface area (Å²) >= 11 is 6.04. The molecule has 0 aliphatic carbocycles. The summed E-state index contributed by atoms with van der Waals surface area (Å²) < 4.78 is 39.7. The van der Waals surface area contributed by atoms with Crippen LogP contribution in [-0.2, 0) is 23.2 Å². The maximum Gasteiger partial charge on any atom is 0.232 e. The van der Waals surface area contributed by atoms with Crippen LogP contribution >= 0.6 is 11.6 Å². The van der Waals surface area contributed by atoms with Gasteiger partial charge in [-0.05, 0) is 47.5 Å². The fraction of sp³-hybridized carbons (Fsp3) is 0.179. The number of fused-ring (bicyclic) bond motifs is 2. The van der Waals surface area contributed by atoms with Crippen molar-refractivity contribution in [1.82, 2.24) is 9.55 Å². The minimum Gasteiger partial charge on any atom is -0.497 e. The van der Waals surface area contributed by atoms with Gasteiger partial charge in [0.25, 0.3) is 0 Å². The van der Waals surface area contributed by atoms with E-state index >= 15 is 0 Å². The highest BCUT2D eigenvalue weighted by atomic mass is 35.5. The number of methoxy groups -OCH3 is 1. The minimum atomic E-state index is -3.63. The van der Waals surface area contributed by atoms with Gasteiger partial charge in [-0.25, -0.2) is 8.42 Å². The van der Waals surface area contributed by atoms with E-state index in [9.17, 15) is 13.5 Å². The normalized spacial score (nSPS) is 11.7. The van der Waals surface area contributed by atoms with Crippen molar-refractivity contribution in [1.29, 1.82) is 0 Å². The summed E-state index contributed by atoms with van der Waals surface area (Å²) in [6.07, 6.45) is 4.49. The molecule has 8 nitrogen and oxygen atoms in total. The summed E-state index contributed by atoms with van der Waals surface area (Å²) in [6.45, 7) is 0.537. The number of hydrogen-bond acceptors (Lipinski definition) is 6. The summed E-state index contributed by atoms with van der Waals surface area (Å²) in [6, 6.07) is 18.3. The summed E-state index contributed by atoms with van der Waals surface area (Å²) in [5.41, 5.74) is 2.65. The number of aromatic nitrogens is 2. The van der Waals surface area contributed by atoms with E-state index in [-0.39, 0.29) is 12.5 Å². The van der Waals surface area contributed by atoms with E-state index in [1.54, 1.807) is 48.3 Å². The van der Waals surface area contributed by atoms with Gasteiger partial charge in [0.2, 0.25) is 15.9 Å². The van der Waals surface area contributed by atoms with Gasteiger partial charge in [0, 0.05) is 35.2 Å². The molecule has 0 aliphatic rings. The van der Waals surface area contributed by atoms with Crippen LogP contribution in [0.2, 0.25) is 5.02 Å². The van der Waals surface area contributed by atoms with Gasteiger partial charge in [-0.2, -0.15) is 0 Å². The van der Waals surface area contributed by atoms with E-state index in [2.05, 4.69) is 4.98 Å². The van der Waals surface area contributed by atoms with Crippen LogP contribution in [0.4, 0.5) is 5.69 Å². The Morgan fingerprint density at radius 1 is 1.03 bits per heavy atom. The highest BCUT2D eigenvalue weighted by molar-refractivity contribution is 7.92. The second-order valence-corrected chi connectivity index (χ2v) is 11.4. The predicted octanol–water partition coefficient (Wildman–Crippen LogP) is 5.58. The first-order valence-corrected chi connectivity index (χ1v) is 14.0. The number of hydrogen-bond donors (Lipinski definition) is 1. The van der Waals surface area contributed by atoms with Crippen LogP contribution in [0.15, 0.2) is 73.1 Å². The zero-order valence-electron chi connectivity index (χ0n) is 21.1. The Balaban J connectivity index is 1.72. The van der Waals surface area contributed by atoms with E-state index in [4.69, 9.17) is 21.1 Å². The molecule has 0 saturated carbocycles. The molecule has 2 heterocycles. The maximum atomic E-state index is 12.7. The van der Waals surface area contributed by atoms with Crippen LogP contribution in [0.1, 0.15) is 11.1 Å². The summed E-state index contributed by atoms with van der Waals surface area (Å²) in [5.74, 6) is 1.04. The lowest BCUT2D eigenvalue weighted by Gasteiger charge is -2.21. The Bertz CT molecular complexity index is 1730. The molecule has 10 heteroatoms. The smallest absolute Gasteiger partial charge is 0.232 e. The number of benzene rings is 3. The number of aromatic hydroxyl groups is 1. The third-order valence-electron chi connectivity index (χ3n) is 6.43. The van der Waals surface area contributed by atoms with E-state index in [0.29, 0.717) is 44.7 Å². The van der Waals surface area contributed by atoms with Crippen molar-refractivity contribution in [3.63, 3.8) is 0 Å². The molecule has 196 valence electrons. The topological polar surface area (TPSA) is 93.9 Å². The van der Waals surface area contributed by atoms with E-state index < -0.39 is 10.0 Å². The molecule has 0 saturated heterocycles. The Morgan fingerprint density at radius 2 is 1.71 bits per heavy atom. The van der Waals surface area contributed by atoms with Crippen molar-refractivity contribution in [3.8, 4) is 17.4 Å². The second-order valence-electron chi connectivity index (χ2n) is 8.94. The monoisotopic (exact) mass is 551 g/mol. The number of ether oxygens (including phenoxy) is 2.